The number of amides is 1. The number of rotatable bonds is 4. The Kier molecular flexibility index (Phi) is 3.32. The molecule has 0 aliphatic rings. The molecule has 0 saturated carbocycles. The summed E-state index contributed by atoms with van der Waals surface area (Å²) in [6, 6.07) is 7.87. The van der Waals surface area contributed by atoms with Crippen LogP contribution in [0.2, 0.25) is 0 Å². The Morgan fingerprint density at radius 2 is 2.24 bits per heavy atom. The van der Waals surface area contributed by atoms with Crippen LogP contribution >= 0.6 is 0 Å². The van der Waals surface area contributed by atoms with Crippen LogP contribution in [0.5, 0.6) is 5.75 Å². The molecule has 90 valence electrons. The summed E-state index contributed by atoms with van der Waals surface area (Å²) in [6.07, 6.45) is 1.91. The van der Waals surface area contributed by atoms with E-state index in [-0.39, 0.29) is 5.91 Å². The quantitative estimate of drug-likeness (QED) is 0.873. The summed E-state index contributed by atoms with van der Waals surface area (Å²) in [5, 5.41) is 3.70. The van der Waals surface area contributed by atoms with E-state index in [9.17, 15) is 4.79 Å². The molecule has 0 radical (unpaired) electrons. The zero-order valence-corrected chi connectivity index (χ0v) is 10.1. The molecular formula is C13H16N2O2. The van der Waals surface area contributed by atoms with Gasteiger partial charge >= 0.3 is 0 Å². The predicted molar refractivity (Wildman–Crippen MR) is 67.2 cm³/mol. The van der Waals surface area contributed by atoms with Crippen molar-refractivity contribution >= 4 is 16.8 Å². The minimum atomic E-state index is -0.00335. The largest absolute Gasteiger partial charge is 0.494 e. The lowest BCUT2D eigenvalue weighted by Crippen LogP contribution is -2.22. The van der Waals surface area contributed by atoms with Crippen molar-refractivity contribution in [3.8, 4) is 5.75 Å². The standard InChI is InChI=1S/C13H16N2O2/c1-3-17-11-4-5-12-10(8-11)6-7-15(12)9-13(16)14-2/h4-8H,3,9H2,1-2H3,(H,14,16). The van der Waals surface area contributed by atoms with Gasteiger partial charge in [-0.15, -0.1) is 0 Å². The second kappa shape index (κ2) is 4.91. The van der Waals surface area contributed by atoms with Crippen LogP contribution in [0.15, 0.2) is 30.5 Å². The Bertz CT molecular complexity index is 531. The average molecular weight is 232 g/mol. The Morgan fingerprint density at radius 3 is 2.94 bits per heavy atom. The summed E-state index contributed by atoms with van der Waals surface area (Å²) < 4.78 is 7.36. The van der Waals surface area contributed by atoms with Crippen LogP contribution in [0.3, 0.4) is 0 Å². The molecule has 0 saturated heterocycles. The number of ether oxygens (including phenoxy) is 1. The smallest absolute Gasteiger partial charge is 0.239 e. The van der Waals surface area contributed by atoms with Gasteiger partial charge in [-0.25, -0.2) is 0 Å². The van der Waals surface area contributed by atoms with E-state index in [1.807, 2.05) is 42.0 Å². The summed E-state index contributed by atoms with van der Waals surface area (Å²) >= 11 is 0. The Hall–Kier alpha value is -1.97. The van der Waals surface area contributed by atoms with Gasteiger partial charge in [-0.05, 0) is 31.2 Å². The molecule has 0 spiro atoms. The normalized spacial score (nSPS) is 10.5. The van der Waals surface area contributed by atoms with Crippen LogP contribution in [-0.2, 0) is 11.3 Å². The number of carbonyl (C=O) groups excluding carboxylic acids is 1. The third kappa shape index (κ3) is 2.41. The molecule has 2 aromatic rings. The Labute approximate surface area is 100 Å². The lowest BCUT2D eigenvalue weighted by atomic mass is 10.2. The highest BCUT2D eigenvalue weighted by Crippen LogP contribution is 2.21. The number of hydrogen-bond donors (Lipinski definition) is 1. The Balaban J connectivity index is 2.31. The van der Waals surface area contributed by atoms with Gasteiger partial charge in [-0.2, -0.15) is 0 Å². The van der Waals surface area contributed by atoms with E-state index in [2.05, 4.69) is 5.32 Å². The van der Waals surface area contributed by atoms with Crippen molar-refractivity contribution in [1.29, 1.82) is 0 Å². The molecule has 0 unspecified atom stereocenters. The number of carbonyl (C=O) groups is 1. The summed E-state index contributed by atoms with van der Waals surface area (Å²) in [7, 11) is 1.64. The summed E-state index contributed by atoms with van der Waals surface area (Å²) in [5.41, 5.74) is 1.04. The van der Waals surface area contributed by atoms with Crippen LogP contribution in [-0.4, -0.2) is 24.1 Å². The highest BCUT2D eigenvalue weighted by molar-refractivity contribution is 5.84. The molecule has 1 heterocycles. The van der Waals surface area contributed by atoms with E-state index in [1.165, 1.54) is 0 Å². The number of benzene rings is 1. The summed E-state index contributed by atoms with van der Waals surface area (Å²) in [5.74, 6) is 0.856. The van der Waals surface area contributed by atoms with Gasteiger partial charge in [0.15, 0.2) is 0 Å². The number of aromatic nitrogens is 1. The first-order valence-electron chi connectivity index (χ1n) is 5.67. The molecule has 0 aliphatic carbocycles. The van der Waals surface area contributed by atoms with Crippen LogP contribution in [0.1, 0.15) is 6.92 Å². The van der Waals surface area contributed by atoms with Crippen molar-refractivity contribution < 1.29 is 9.53 Å². The van der Waals surface area contributed by atoms with Gasteiger partial charge in [0.25, 0.3) is 0 Å². The molecule has 17 heavy (non-hydrogen) atoms. The molecule has 2 rings (SSSR count). The van der Waals surface area contributed by atoms with Gasteiger partial charge in [0, 0.05) is 24.1 Å². The highest BCUT2D eigenvalue weighted by atomic mass is 16.5. The summed E-state index contributed by atoms with van der Waals surface area (Å²) in [6.45, 7) is 2.96. The molecule has 1 N–H and O–H groups in total. The van der Waals surface area contributed by atoms with E-state index in [1.54, 1.807) is 7.05 Å². The fourth-order valence-corrected chi connectivity index (χ4v) is 1.81. The van der Waals surface area contributed by atoms with Crippen molar-refractivity contribution in [3.05, 3.63) is 30.5 Å². The van der Waals surface area contributed by atoms with Gasteiger partial charge in [0.2, 0.25) is 5.91 Å². The van der Waals surface area contributed by atoms with Gasteiger partial charge in [0.1, 0.15) is 12.3 Å². The number of fused-ring (bicyclic) bond motifs is 1. The van der Waals surface area contributed by atoms with Gasteiger partial charge in [-0.1, -0.05) is 0 Å². The van der Waals surface area contributed by atoms with Gasteiger partial charge < -0.3 is 14.6 Å². The molecule has 4 heteroatoms. The van der Waals surface area contributed by atoms with Crippen LogP contribution in [0.25, 0.3) is 10.9 Å². The topological polar surface area (TPSA) is 43.3 Å². The third-order valence-corrected chi connectivity index (χ3v) is 2.65. The maximum absolute atomic E-state index is 11.3. The molecular weight excluding hydrogens is 216 g/mol. The third-order valence-electron chi connectivity index (χ3n) is 2.65. The lowest BCUT2D eigenvalue weighted by Gasteiger charge is -2.06. The Morgan fingerprint density at radius 1 is 1.41 bits per heavy atom. The fourth-order valence-electron chi connectivity index (χ4n) is 1.81. The maximum Gasteiger partial charge on any atom is 0.239 e. The van der Waals surface area contributed by atoms with Crippen molar-refractivity contribution in [2.45, 2.75) is 13.5 Å². The molecule has 1 amide bonds. The van der Waals surface area contributed by atoms with Crippen LogP contribution in [0.4, 0.5) is 0 Å². The molecule has 0 bridgehead atoms. The van der Waals surface area contributed by atoms with Gasteiger partial charge in [-0.3, -0.25) is 4.79 Å². The summed E-state index contributed by atoms with van der Waals surface area (Å²) in [4.78, 5) is 11.3. The van der Waals surface area contributed by atoms with Gasteiger partial charge in [0.05, 0.1) is 6.61 Å². The fraction of sp³-hybridized carbons (Fsp3) is 0.308. The first kappa shape index (κ1) is 11.5. The predicted octanol–water partition coefficient (Wildman–Crippen LogP) is 1.79. The van der Waals surface area contributed by atoms with E-state index >= 15 is 0 Å². The van der Waals surface area contributed by atoms with E-state index in [0.717, 1.165) is 16.7 Å². The minimum Gasteiger partial charge on any atom is -0.494 e. The lowest BCUT2D eigenvalue weighted by molar-refractivity contribution is -0.121. The van der Waals surface area contributed by atoms with Crippen molar-refractivity contribution in [2.24, 2.45) is 0 Å². The monoisotopic (exact) mass is 232 g/mol. The molecule has 0 aliphatic heterocycles. The first-order valence-corrected chi connectivity index (χ1v) is 5.67. The molecule has 0 atom stereocenters. The van der Waals surface area contributed by atoms with Crippen molar-refractivity contribution in [2.75, 3.05) is 13.7 Å². The number of nitrogens with zero attached hydrogens (tertiary/aromatic N) is 1. The SMILES string of the molecule is CCOc1ccc2c(ccn2CC(=O)NC)c1. The number of hydrogen-bond acceptors (Lipinski definition) is 2. The number of likely N-dealkylation sites (N-methyl/N-ethyl adjacent to an activating group) is 1. The maximum atomic E-state index is 11.3. The van der Waals surface area contributed by atoms with E-state index < -0.39 is 0 Å². The van der Waals surface area contributed by atoms with E-state index in [4.69, 9.17) is 4.74 Å². The second-order valence-corrected chi connectivity index (χ2v) is 3.77. The molecule has 1 aromatic heterocycles. The zero-order valence-electron chi connectivity index (χ0n) is 10.1. The van der Waals surface area contributed by atoms with Crippen molar-refractivity contribution in [1.82, 2.24) is 9.88 Å². The van der Waals surface area contributed by atoms with Crippen LogP contribution in [0, 0.1) is 0 Å². The van der Waals surface area contributed by atoms with Crippen molar-refractivity contribution in [3.63, 3.8) is 0 Å². The first-order chi connectivity index (χ1) is 8.24. The molecule has 1 aromatic carbocycles. The average Bonchev–Trinajstić information content (AvgIpc) is 2.72. The number of nitrogens with one attached hydrogen (secondary N) is 1. The minimum absolute atomic E-state index is 0.00335. The van der Waals surface area contributed by atoms with Crippen LogP contribution < -0.4 is 10.1 Å². The second-order valence-electron chi connectivity index (χ2n) is 3.77. The molecule has 0 fully saturated rings. The zero-order chi connectivity index (χ0) is 12.3. The highest BCUT2D eigenvalue weighted by Gasteiger charge is 2.05. The van der Waals surface area contributed by atoms with E-state index in [0.29, 0.717) is 13.2 Å². The molecule has 4 nitrogen and oxygen atoms in total.